The number of carbonyl (C=O) groups is 2. The van der Waals surface area contributed by atoms with Gasteiger partial charge in [-0.05, 0) is 6.07 Å². The Labute approximate surface area is 138 Å². The number of amides is 1. The number of hydrogen-bond donors (Lipinski definition) is 2. The van der Waals surface area contributed by atoms with Gasteiger partial charge in [-0.2, -0.15) is 0 Å². The number of carbonyl (C=O) groups excluding carboxylic acids is 2. The van der Waals surface area contributed by atoms with Gasteiger partial charge in [0.25, 0.3) is 5.91 Å². The van der Waals surface area contributed by atoms with E-state index in [1.54, 1.807) is 48.5 Å². The highest BCUT2D eigenvalue weighted by atomic mass is 16.3. The molecule has 2 N–H and O–H groups in total. The van der Waals surface area contributed by atoms with Crippen molar-refractivity contribution in [3.05, 3.63) is 71.7 Å². The third kappa shape index (κ3) is 3.13. The van der Waals surface area contributed by atoms with Crippen LogP contribution in [-0.4, -0.2) is 39.9 Å². The van der Waals surface area contributed by atoms with Gasteiger partial charge in [0.05, 0.1) is 12.1 Å². The maximum Gasteiger partial charge on any atom is 0.289 e. The van der Waals surface area contributed by atoms with Gasteiger partial charge in [0.2, 0.25) is 11.6 Å². The van der Waals surface area contributed by atoms with Gasteiger partial charge in [0.1, 0.15) is 5.69 Å². The normalized spacial score (nSPS) is 10.5. The zero-order valence-corrected chi connectivity index (χ0v) is 12.8. The molecule has 3 rings (SSSR count). The van der Waals surface area contributed by atoms with Crippen LogP contribution in [0.15, 0.2) is 54.6 Å². The van der Waals surface area contributed by atoms with Crippen molar-refractivity contribution in [3.8, 4) is 0 Å². The number of aliphatic hydroxyl groups is 1. The summed E-state index contributed by atoms with van der Waals surface area (Å²) in [6, 6.07) is 15.8. The van der Waals surface area contributed by atoms with Crippen LogP contribution in [0.3, 0.4) is 0 Å². The van der Waals surface area contributed by atoms with E-state index in [0.29, 0.717) is 16.5 Å². The minimum atomic E-state index is -0.531. The first kappa shape index (κ1) is 15.8. The predicted octanol–water partition coefficient (Wildman–Crippen LogP) is 1.58. The highest BCUT2D eigenvalue weighted by Crippen LogP contribution is 2.19. The van der Waals surface area contributed by atoms with Crippen LogP contribution in [0.25, 0.3) is 10.9 Å². The van der Waals surface area contributed by atoms with E-state index in [4.69, 9.17) is 5.11 Å². The Morgan fingerprint density at radius 1 is 0.958 bits per heavy atom. The number of ketones is 1. The van der Waals surface area contributed by atoms with E-state index in [1.165, 1.54) is 0 Å². The van der Waals surface area contributed by atoms with Gasteiger partial charge in [-0.1, -0.05) is 48.5 Å². The Bertz CT molecular complexity index is 894. The summed E-state index contributed by atoms with van der Waals surface area (Å²) in [5, 5.41) is 11.9. The molecule has 0 radical (unpaired) electrons. The number of nitrogens with one attached hydrogen (secondary N) is 1. The molecule has 0 saturated carbocycles. The molecule has 120 valence electrons. The van der Waals surface area contributed by atoms with E-state index in [0.717, 1.165) is 0 Å². The van der Waals surface area contributed by atoms with Gasteiger partial charge >= 0.3 is 0 Å². The third-order valence-electron chi connectivity index (χ3n) is 3.45. The largest absolute Gasteiger partial charge is 0.395 e. The molecule has 1 amide bonds. The number of aliphatic hydroxyl groups excluding tert-OH is 1. The summed E-state index contributed by atoms with van der Waals surface area (Å²) < 4.78 is 0. The zero-order chi connectivity index (χ0) is 16.9. The summed E-state index contributed by atoms with van der Waals surface area (Å²) >= 11 is 0. The Hall–Kier alpha value is -3.12. The quantitative estimate of drug-likeness (QED) is 0.696. The van der Waals surface area contributed by atoms with Gasteiger partial charge in [-0.3, -0.25) is 9.59 Å². The van der Waals surface area contributed by atoms with Crippen molar-refractivity contribution in [1.29, 1.82) is 0 Å². The van der Waals surface area contributed by atoms with Crippen LogP contribution in [-0.2, 0) is 0 Å². The molecule has 3 aromatic rings. The SMILES string of the molecule is O=C(NCCO)c1nc(C(=O)c2ccccc2)c2ccccc2n1. The van der Waals surface area contributed by atoms with E-state index in [2.05, 4.69) is 15.3 Å². The van der Waals surface area contributed by atoms with Gasteiger partial charge in [0, 0.05) is 17.5 Å². The molecule has 24 heavy (non-hydrogen) atoms. The molecule has 6 nitrogen and oxygen atoms in total. The van der Waals surface area contributed by atoms with Gasteiger partial charge < -0.3 is 10.4 Å². The molecule has 6 heteroatoms. The second-order valence-electron chi connectivity index (χ2n) is 5.09. The number of benzene rings is 2. The van der Waals surface area contributed by atoms with Crippen LogP contribution >= 0.6 is 0 Å². The van der Waals surface area contributed by atoms with Crippen molar-refractivity contribution in [2.75, 3.05) is 13.2 Å². The van der Waals surface area contributed by atoms with Crippen molar-refractivity contribution in [1.82, 2.24) is 15.3 Å². The fourth-order valence-electron chi connectivity index (χ4n) is 2.33. The molecular weight excluding hydrogens is 306 g/mol. The molecule has 0 aliphatic rings. The molecule has 0 spiro atoms. The molecule has 0 bridgehead atoms. The van der Waals surface area contributed by atoms with Crippen LogP contribution < -0.4 is 5.32 Å². The second-order valence-corrected chi connectivity index (χ2v) is 5.09. The summed E-state index contributed by atoms with van der Waals surface area (Å²) in [6.07, 6.45) is 0. The fourth-order valence-corrected chi connectivity index (χ4v) is 2.33. The highest BCUT2D eigenvalue weighted by molar-refractivity contribution is 6.15. The zero-order valence-electron chi connectivity index (χ0n) is 12.8. The Morgan fingerprint density at radius 2 is 1.67 bits per heavy atom. The first-order chi connectivity index (χ1) is 11.7. The van der Waals surface area contributed by atoms with Crippen molar-refractivity contribution in [2.24, 2.45) is 0 Å². The molecule has 0 saturated heterocycles. The van der Waals surface area contributed by atoms with Crippen LogP contribution in [0.5, 0.6) is 0 Å². The molecule has 1 heterocycles. The second kappa shape index (κ2) is 6.97. The minimum absolute atomic E-state index is 0.0942. The van der Waals surface area contributed by atoms with Crippen LogP contribution in [0.2, 0.25) is 0 Å². The van der Waals surface area contributed by atoms with Gasteiger partial charge in [-0.25, -0.2) is 9.97 Å². The Morgan fingerprint density at radius 3 is 2.42 bits per heavy atom. The van der Waals surface area contributed by atoms with Crippen LogP contribution in [0.4, 0.5) is 0 Å². The standard InChI is InChI=1S/C18H15N3O3/c22-11-10-19-18(24)17-20-14-9-5-4-8-13(14)15(21-17)16(23)12-6-2-1-3-7-12/h1-9,22H,10-11H2,(H,19,24). The maximum absolute atomic E-state index is 12.8. The average Bonchev–Trinajstić information content (AvgIpc) is 2.65. The molecule has 2 aromatic carbocycles. The van der Waals surface area contributed by atoms with Crippen LogP contribution in [0, 0.1) is 0 Å². The molecule has 0 atom stereocenters. The number of rotatable bonds is 5. The van der Waals surface area contributed by atoms with E-state index in [1.807, 2.05) is 6.07 Å². The van der Waals surface area contributed by atoms with E-state index in [-0.39, 0.29) is 30.5 Å². The third-order valence-corrected chi connectivity index (χ3v) is 3.45. The number of fused-ring (bicyclic) bond motifs is 1. The van der Waals surface area contributed by atoms with Crippen molar-refractivity contribution in [3.63, 3.8) is 0 Å². The summed E-state index contributed by atoms with van der Waals surface area (Å²) in [5.74, 6) is -0.899. The van der Waals surface area contributed by atoms with E-state index in [9.17, 15) is 9.59 Å². The molecule has 1 aromatic heterocycles. The maximum atomic E-state index is 12.8. The fraction of sp³-hybridized carbons (Fsp3) is 0.111. The lowest BCUT2D eigenvalue weighted by Crippen LogP contribution is -2.28. The molecule has 0 aliphatic heterocycles. The minimum Gasteiger partial charge on any atom is -0.395 e. The Balaban J connectivity index is 2.11. The lowest BCUT2D eigenvalue weighted by Gasteiger charge is -2.08. The Kier molecular flexibility index (Phi) is 4.58. The van der Waals surface area contributed by atoms with Gasteiger partial charge in [0.15, 0.2) is 0 Å². The number of hydrogen-bond acceptors (Lipinski definition) is 5. The average molecular weight is 321 g/mol. The van der Waals surface area contributed by atoms with E-state index >= 15 is 0 Å². The smallest absolute Gasteiger partial charge is 0.289 e. The molecule has 0 fully saturated rings. The van der Waals surface area contributed by atoms with Crippen molar-refractivity contribution < 1.29 is 14.7 Å². The van der Waals surface area contributed by atoms with E-state index < -0.39 is 5.91 Å². The lowest BCUT2D eigenvalue weighted by atomic mass is 10.0. The molecule has 0 aliphatic carbocycles. The monoisotopic (exact) mass is 321 g/mol. The summed E-state index contributed by atoms with van der Waals surface area (Å²) in [4.78, 5) is 33.3. The predicted molar refractivity (Wildman–Crippen MR) is 88.8 cm³/mol. The number of aromatic nitrogens is 2. The highest BCUT2D eigenvalue weighted by Gasteiger charge is 2.19. The molecular formula is C18H15N3O3. The number of para-hydroxylation sites is 1. The van der Waals surface area contributed by atoms with Crippen molar-refractivity contribution in [2.45, 2.75) is 0 Å². The first-order valence-electron chi connectivity index (χ1n) is 7.46. The lowest BCUT2D eigenvalue weighted by molar-refractivity contribution is 0.0934. The summed E-state index contributed by atoms with van der Waals surface area (Å²) in [5.41, 5.74) is 1.19. The number of nitrogens with zero attached hydrogens (tertiary/aromatic N) is 2. The topological polar surface area (TPSA) is 92.2 Å². The summed E-state index contributed by atoms with van der Waals surface area (Å²) in [7, 11) is 0. The van der Waals surface area contributed by atoms with Crippen molar-refractivity contribution >= 4 is 22.6 Å². The summed E-state index contributed by atoms with van der Waals surface area (Å²) in [6.45, 7) is -0.0912. The first-order valence-corrected chi connectivity index (χ1v) is 7.46. The van der Waals surface area contributed by atoms with Crippen LogP contribution in [0.1, 0.15) is 26.7 Å². The molecule has 0 unspecified atom stereocenters. The van der Waals surface area contributed by atoms with Gasteiger partial charge in [-0.15, -0.1) is 0 Å².